The summed E-state index contributed by atoms with van der Waals surface area (Å²) >= 11 is 0. The van der Waals surface area contributed by atoms with Crippen molar-refractivity contribution in [2.24, 2.45) is 5.41 Å². The molecule has 0 bridgehead atoms. The lowest BCUT2D eigenvalue weighted by Gasteiger charge is -2.40. The van der Waals surface area contributed by atoms with Crippen LogP contribution in [0, 0.1) is 19.3 Å². The zero-order chi connectivity index (χ0) is 16.6. The molecule has 4 rings (SSSR count). The number of piperidine rings is 1. The van der Waals surface area contributed by atoms with Crippen molar-refractivity contribution >= 4 is 11.6 Å². The van der Waals surface area contributed by atoms with E-state index in [1.165, 1.54) is 24.8 Å². The van der Waals surface area contributed by atoms with Crippen LogP contribution in [0.3, 0.4) is 0 Å². The molecule has 126 valence electrons. The second-order valence-electron chi connectivity index (χ2n) is 7.37. The van der Waals surface area contributed by atoms with Crippen molar-refractivity contribution in [1.29, 1.82) is 0 Å². The van der Waals surface area contributed by atoms with Crippen molar-refractivity contribution in [1.82, 2.24) is 15.2 Å². The Morgan fingerprint density at radius 2 is 1.83 bits per heavy atom. The molecule has 0 unspecified atom stereocenters. The third kappa shape index (κ3) is 2.83. The Kier molecular flexibility index (Phi) is 3.87. The third-order valence-electron chi connectivity index (χ3n) is 5.49. The Morgan fingerprint density at radius 3 is 2.62 bits per heavy atom. The van der Waals surface area contributed by atoms with Gasteiger partial charge in [0.15, 0.2) is 5.82 Å². The molecule has 2 aliphatic heterocycles. The van der Waals surface area contributed by atoms with E-state index in [1.54, 1.807) is 0 Å². The minimum Gasteiger partial charge on any atom is -0.356 e. The first-order valence-corrected chi connectivity index (χ1v) is 8.87. The van der Waals surface area contributed by atoms with Gasteiger partial charge < -0.3 is 9.80 Å². The molecule has 2 saturated heterocycles. The summed E-state index contributed by atoms with van der Waals surface area (Å²) in [7, 11) is 0. The van der Waals surface area contributed by atoms with Gasteiger partial charge >= 0.3 is 0 Å². The molecule has 0 aliphatic carbocycles. The molecule has 5 nitrogen and oxygen atoms in total. The normalized spacial score (nSPS) is 23.9. The van der Waals surface area contributed by atoms with Gasteiger partial charge in [0.25, 0.3) is 0 Å². The summed E-state index contributed by atoms with van der Waals surface area (Å²) in [5.74, 6) is 2.17. The zero-order valence-electron chi connectivity index (χ0n) is 14.6. The lowest BCUT2D eigenvalue weighted by molar-refractivity contribution is 0.262. The summed E-state index contributed by atoms with van der Waals surface area (Å²) < 4.78 is 0. The van der Waals surface area contributed by atoms with Crippen LogP contribution in [0.15, 0.2) is 30.5 Å². The maximum atomic E-state index is 4.62. The fourth-order valence-electron chi connectivity index (χ4n) is 4.22. The number of rotatable bonds is 2. The smallest absolute Gasteiger partial charge is 0.151 e. The van der Waals surface area contributed by atoms with Gasteiger partial charge in [-0.1, -0.05) is 6.07 Å². The lowest BCUT2D eigenvalue weighted by atomic mass is 9.79. The molecule has 0 N–H and O–H groups in total. The van der Waals surface area contributed by atoms with Gasteiger partial charge in [-0.2, -0.15) is 5.10 Å². The van der Waals surface area contributed by atoms with Crippen LogP contribution in [0.1, 0.15) is 30.5 Å². The second-order valence-corrected chi connectivity index (χ2v) is 7.37. The molecular formula is C19H25N5. The number of pyridine rings is 1. The highest BCUT2D eigenvalue weighted by Gasteiger charge is 2.42. The summed E-state index contributed by atoms with van der Waals surface area (Å²) in [6.07, 6.45) is 5.66. The fourth-order valence-corrected chi connectivity index (χ4v) is 4.22. The summed E-state index contributed by atoms with van der Waals surface area (Å²) in [4.78, 5) is 9.51. The highest BCUT2D eigenvalue weighted by atomic mass is 15.3. The van der Waals surface area contributed by atoms with E-state index >= 15 is 0 Å². The van der Waals surface area contributed by atoms with Crippen LogP contribution >= 0.6 is 0 Å². The number of aryl methyl sites for hydroxylation is 2. The molecule has 4 heterocycles. The summed E-state index contributed by atoms with van der Waals surface area (Å²) in [5.41, 5.74) is 2.60. The number of nitrogens with zero attached hydrogens (tertiary/aromatic N) is 5. The molecule has 1 spiro atoms. The van der Waals surface area contributed by atoms with E-state index in [2.05, 4.69) is 50.1 Å². The SMILES string of the molecule is Cc1ccc(N2CCC[C@]3(CCN(c4ncccc4C)C3)C2)nn1. The van der Waals surface area contributed by atoms with Crippen molar-refractivity contribution in [2.75, 3.05) is 36.0 Å². The van der Waals surface area contributed by atoms with Gasteiger partial charge in [-0.15, -0.1) is 5.10 Å². The lowest BCUT2D eigenvalue weighted by Crippen LogP contribution is -2.45. The molecular weight excluding hydrogens is 298 g/mol. The highest BCUT2D eigenvalue weighted by molar-refractivity contribution is 5.48. The van der Waals surface area contributed by atoms with Gasteiger partial charge in [0.05, 0.1) is 5.69 Å². The van der Waals surface area contributed by atoms with Crippen LogP contribution in [0.2, 0.25) is 0 Å². The van der Waals surface area contributed by atoms with E-state index in [4.69, 9.17) is 0 Å². The molecule has 2 fully saturated rings. The van der Waals surface area contributed by atoms with Crippen molar-refractivity contribution in [3.63, 3.8) is 0 Å². The van der Waals surface area contributed by atoms with E-state index in [1.807, 2.05) is 19.2 Å². The molecule has 2 aliphatic rings. The minimum absolute atomic E-state index is 0.356. The monoisotopic (exact) mass is 323 g/mol. The molecule has 5 heteroatoms. The molecule has 0 aromatic carbocycles. The summed E-state index contributed by atoms with van der Waals surface area (Å²) in [5, 5.41) is 8.63. The second kappa shape index (κ2) is 6.04. The average molecular weight is 323 g/mol. The maximum Gasteiger partial charge on any atom is 0.151 e. The quantitative estimate of drug-likeness (QED) is 0.850. The fraction of sp³-hybridized carbons (Fsp3) is 0.526. The molecule has 0 saturated carbocycles. The van der Waals surface area contributed by atoms with Crippen molar-refractivity contribution < 1.29 is 0 Å². The molecule has 2 aromatic heterocycles. The third-order valence-corrected chi connectivity index (χ3v) is 5.49. The highest BCUT2D eigenvalue weighted by Crippen LogP contribution is 2.41. The van der Waals surface area contributed by atoms with Crippen LogP contribution < -0.4 is 9.80 Å². The Balaban J connectivity index is 1.51. The molecule has 24 heavy (non-hydrogen) atoms. The van der Waals surface area contributed by atoms with Crippen molar-refractivity contribution in [2.45, 2.75) is 33.1 Å². The summed E-state index contributed by atoms with van der Waals surface area (Å²) in [6, 6.07) is 8.34. The Labute approximate surface area is 143 Å². The number of hydrogen-bond acceptors (Lipinski definition) is 5. The molecule has 1 atom stereocenters. The Bertz CT molecular complexity index is 714. The van der Waals surface area contributed by atoms with E-state index < -0.39 is 0 Å². The first kappa shape index (κ1) is 15.4. The predicted molar refractivity (Wildman–Crippen MR) is 96.5 cm³/mol. The van der Waals surface area contributed by atoms with E-state index in [0.717, 1.165) is 43.5 Å². The van der Waals surface area contributed by atoms with Crippen molar-refractivity contribution in [3.05, 3.63) is 41.7 Å². The maximum absolute atomic E-state index is 4.62. The van der Waals surface area contributed by atoms with E-state index in [0.29, 0.717) is 5.41 Å². The standard InChI is InChI=1S/C19H25N5/c1-15-5-3-10-20-18(15)24-12-9-19(14-24)8-4-11-23(13-19)17-7-6-16(2)21-22-17/h3,5-7,10H,4,8-9,11-14H2,1-2H3/t19-/m0/s1. The Morgan fingerprint density at radius 1 is 0.958 bits per heavy atom. The van der Waals surface area contributed by atoms with Gasteiger partial charge in [-0.3, -0.25) is 0 Å². The summed E-state index contributed by atoms with van der Waals surface area (Å²) in [6.45, 7) is 8.50. The van der Waals surface area contributed by atoms with Gasteiger partial charge in [0, 0.05) is 37.8 Å². The van der Waals surface area contributed by atoms with Gasteiger partial charge in [0.2, 0.25) is 0 Å². The van der Waals surface area contributed by atoms with Gasteiger partial charge in [0.1, 0.15) is 5.82 Å². The predicted octanol–water partition coefficient (Wildman–Crippen LogP) is 2.99. The number of anilines is 2. The van der Waals surface area contributed by atoms with Crippen LogP contribution in [0.5, 0.6) is 0 Å². The van der Waals surface area contributed by atoms with Gasteiger partial charge in [-0.25, -0.2) is 4.98 Å². The number of aromatic nitrogens is 3. The van der Waals surface area contributed by atoms with Crippen LogP contribution in [0.25, 0.3) is 0 Å². The topological polar surface area (TPSA) is 45.2 Å². The molecule has 2 aromatic rings. The first-order valence-electron chi connectivity index (χ1n) is 8.87. The molecule has 0 radical (unpaired) electrons. The van der Waals surface area contributed by atoms with Crippen LogP contribution in [-0.2, 0) is 0 Å². The Hall–Kier alpha value is -2.17. The minimum atomic E-state index is 0.356. The number of hydrogen-bond donors (Lipinski definition) is 0. The van der Waals surface area contributed by atoms with Crippen LogP contribution in [-0.4, -0.2) is 41.4 Å². The average Bonchev–Trinajstić information content (AvgIpc) is 2.99. The van der Waals surface area contributed by atoms with E-state index in [-0.39, 0.29) is 0 Å². The first-order chi connectivity index (χ1) is 11.7. The van der Waals surface area contributed by atoms with Crippen molar-refractivity contribution in [3.8, 4) is 0 Å². The van der Waals surface area contributed by atoms with Crippen LogP contribution in [0.4, 0.5) is 11.6 Å². The largest absolute Gasteiger partial charge is 0.356 e. The van der Waals surface area contributed by atoms with E-state index in [9.17, 15) is 0 Å². The van der Waals surface area contributed by atoms with Gasteiger partial charge in [-0.05, 0) is 56.9 Å². The molecule has 0 amide bonds. The zero-order valence-corrected chi connectivity index (χ0v) is 14.6.